The summed E-state index contributed by atoms with van der Waals surface area (Å²) in [5.74, 6) is 0.587. The van der Waals surface area contributed by atoms with Crippen LogP contribution in [-0.2, 0) is 0 Å². The molecule has 1 fully saturated rings. The van der Waals surface area contributed by atoms with Gasteiger partial charge in [-0.3, -0.25) is 0 Å². The molecule has 0 amide bonds. The Balaban J connectivity index is 2.47. The Morgan fingerprint density at radius 1 is 1.42 bits per heavy atom. The second kappa shape index (κ2) is 4.21. The molecule has 3 atom stereocenters. The zero-order valence-corrected chi connectivity index (χ0v) is 7.90. The molecule has 0 aromatic carbocycles. The molecule has 1 rings (SSSR count). The van der Waals surface area contributed by atoms with Crippen molar-refractivity contribution in [2.75, 3.05) is 26.7 Å². The van der Waals surface area contributed by atoms with E-state index in [1.54, 1.807) is 0 Å². The summed E-state index contributed by atoms with van der Waals surface area (Å²) >= 11 is 0. The summed E-state index contributed by atoms with van der Waals surface area (Å²) in [4.78, 5) is 2.22. The Morgan fingerprint density at radius 3 is 2.67 bits per heavy atom. The molecule has 72 valence electrons. The highest BCUT2D eigenvalue weighted by Crippen LogP contribution is 2.23. The lowest BCUT2D eigenvalue weighted by Crippen LogP contribution is -2.46. The van der Waals surface area contributed by atoms with Crippen molar-refractivity contribution < 1.29 is 10.2 Å². The van der Waals surface area contributed by atoms with Crippen molar-refractivity contribution in [2.24, 2.45) is 11.8 Å². The summed E-state index contributed by atoms with van der Waals surface area (Å²) in [6, 6.07) is 0. The molecule has 0 aromatic heterocycles. The Morgan fingerprint density at radius 2 is 2.08 bits per heavy atom. The van der Waals surface area contributed by atoms with E-state index in [1.165, 1.54) is 0 Å². The summed E-state index contributed by atoms with van der Waals surface area (Å²) in [7, 11) is 2.06. The minimum Gasteiger partial charge on any atom is -0.396 e. The van der Waals surface area contributed by atoms with Gasteiger partial charge in [-0.15, -0.1) is 0 Å². The van der Waals surface area contributed by atoms with Crippen LogP contribution in [0.15, 0.2) is 0 Å². The fraction of sp³-hybridized carbons (Fsp3) is 1.00. The van der Waals surface area contributed by atoms with Gasteiger partial charge in [0, 0.05) is 19.7 Å². The molecule has 1 saturated heterocycles. The molecular formula is C9H19NO2. The minimum atomic E-state index is -0.228. The van der Waals surface area contributed by atoms with Crippen LogP contribution in [0.5, 0.6) is 0 Å². The standard InChI is InChI=1S/C9H19NO2/c1-7-5-10(2)6-8(3-4-11)9(7)12/h7-9,11-12H,3-6H2,1-2H3. The first-order valence-corrected chi connectivity index (χ1v) is 4.62. The lowest BCUT2D eigenvalue weighted by molar-refractivity contribution is -0.0154. The van der Waals surface area contributed by atoms with Crippen LogP contribution in [0, 0.1) is 11.8 Å². The van der Waals surface area contributed by atoms with Crippen molar-refractivity contribution in [1.82, 2.24) is 4.90 Å². The number of hydrogen-bond donors (Lipinski definition) is 2. The predicted molar refractivity (Wildman–Crippen MR) is 47.9 cm³/mol. The highest BCUT2D eigenvalue weighted by atomic mass is 16.3. The molecule has 3 unspecified atom stereocenters. The third-order valence-corrected chi connectivity index (χ3v) is 2.71. The molecule has 0 saturated carbocycles. The maximum absolute atomic E-state index is 9.75. The average molecular weight is 173 g/mol. The van der Waals surface area contributed by atoms with E-state index in [0.717, 1.165) is 19.5 Å². The van der Waals surface area contributed by atoms with Crippen LogP contribution in [0.1, 0.15) is 13.3 Å². The van der Waals surface area contributed by atoms with Crippen molar-refractivity contribution >= 4 is 0 Å². The molecule has 0 spiro atoms. The zero-order valence-electron chi connectivity index (χ0n) is 7.90. The lowest BCUT2D eigenvalue weighted by atomic mass is 9.85. The third-order valence-electron chi connectivity index (χ3n) is 2.71. The topological polar surface area (TPSA) is 43.7 Å². The average Bonchev–Trinajstić information content (AvgIpc) is 2.00. The molecule has 1 aliphatic rings. The van der Waals surface area contributed by atoms with Crippen molar-refractivity contribution in [3.8, 4) is 0 Å². The highest BCUT2D eigenvalue weighted by Gasteiger charge is 2.30. The Kier molecular flexibility index (Phi) is 3.50. The third kappa shape index (κ3) is 2.19. The number of nitrogens with zero attached hydrogens (tertiary/aromatic N) is 1. The van der Waals surface area contributed by atoms with E-state index in [0.29, 0.717) is 5.92 Å². The number of likely N-dealkylation sites (tertiary alicyclic amines) is 1. The van der Waals surface area contributed by atoms with Crippen molar-refractivity contribution in [2.45, 2.75) is 19.4 Å². The van der Waals surface area contributed by atoms with Crippen LogP contribution >= 0.6 is 0 Å². The van der Waals surface area contributed by atoms with E-state index in [4.69, 9.17) is 5.11 Å². The van der Waals surface area contributed by atoms with Gasteiger partial charge in [0.05, 0.1) is 6.10 Å². The van der Waals surface area contributed by atoms with Gasteiger partial charge in [0.2, 0.25) is 0 Å². The first-order valence-electron chi connectivity index (χ1n) is 4.62. The predicted octanol–water partition coefficient (Wildman–Crippen LogP) is -0.0726. The van der Waals surface area contributed by atoms with Crippen LogP contribution in [0.25, 0.3) is 0 Å². The fourth-order valence-corrected chi connectivity index (χ4v) is 2.07. The second-order valence-corrected chi connectivity index (χ2v) is 3.96. The molecule has 0 aromatic rings. The molecule has 3 heteroatoms. The first-order chi connectivity index (χ1) is 5.65. The molecular weight excluding hydrogens is 154 g/mol. The van der Waals surface area contributed by atoms with Crippen molar-refractivity contribution in [1.29, 1.82) is 0 Å². The lowest BCUT2D eigenvalue weighted by Gasteiger charge is -2.38. The van der Waals surface area contributed by atoms with Crippen LogP contribution in [-0.4, -0.2) is 48.0 Å². The molecule has 2 N–H and O–H groups in total. The first kappa shape index (κ1) is 9.96. The van der Waals surface area contributed by atoms with Gasteiger partial charge in [0.1, 0.15) is 0 Å². The molecule has 1 heterocycles. The molecule has 0 bridgehead atoms. The number of aliphatic hydroxyl groups is 2. The van der Waals surface area contributed by atoms with Crippen molar-refractivity contribution in [3.63, 3.8) is 0 Å². The summed E-state index contributed by atoms with van der Waals surface area (Å²) in [5, 5.41) is 18.5. The Labute approximate surface area is 74.0 Å². The monoisotopic (exact) mass is 173 g/mol. The SMILES string of the molecule is CC1CN(C)CC(CCO)C1O. The molecule has 12 heavy (non-hydrogen) atoms. The van der Waals surface area contributed by atoms with Gasteiger partial charge in [0.15, 0.2) is 0 Å². The minimum absolute atomic E-state index is 0.183. The number of aliphatic hydroxyl groups excluding tert-OH is 2. The summed E-state index contributed by atoms with van der Waals surface area (Å²) < 4.78 is 0. The van der Waals surface area contributed by atoms with Gasteiger partial charge in [-0.1, -0.05) is 6.92 Å². The smallest absolute Gasteiger partial charge is 0.0619 e. The van der Waals surface area contributed by atoms with Gasteiger partial charge in [-0.2, -0.15) is 0 Å². The molecule has 1 aliphatic heterocycles. The summed E-state index contributed by atoms with van der Waals surface area (Å²) in [6.07, 6.45) is 0.490. The molecule has 3 nitrogen and oxygen atoms in total. The quantitative estimate of drug-likeness (QED) is 0.614. The van der Waals surface area contributed by atoms with Crippen LogP contribution in [0.3, 0.4) is 0 Å². The van der Waals surface area contributed by atoms with Crippen LogP contribution in [0.2, 0.25) is 0 Å². The zero-order chi connectivity index (χ0) is 9.14. The maximum Gasteiger partial charge on any atom is 0.0619 e. The van der Waals surface area contributed by atoms with Gasteiger partial charge in [-0.05, 0) is 25.3 Å². The van der Waals surface area contributed by atoms with E-state index < -0.39 is 0 Å². The highest BCUT2D eigenvalue weighted by molar-refractivity contribution is 4.82. The van der Waals surface area contributed by atoms with Crippen LogP contribution < -0.4 is 0 Å². The number of rotatable bonds is 2. The van der Waals surface area contributed by atoms with Crippen LogP contribution in [0.4, 0.5) is 0 Å². The largest absolute Gasteiger partial charge is 0.396 e. The van der Waals surface area contributed by atoms with E-state index in [2.05, 4.69) is 18.9 Å². The molecule has 0 radical (unpaired) electrons. The van der Waals surface area contributed by atoms with E-state index in [9.17, 15) is 5.11 Å². The van der Waals surface area contributed by atoms with E-state index in [1.807, 2.05) is 0 Å². The van der Waals surface area contributed by atoms with E-state index >= 15 is 0 Å². The molecule has 0 aliphatic carbocycles. The van der Waals surface area contributed by atoms with Gasteiger partial charge in [-0.25, -0.2) is 0 Å². The van der Waals surface area contributed by atoms with Gasteiger partial charge >= 0.3 is 0 Å². The Hall–Kier alpha value is -0.120. The fourth-order valence-electron chi connectivity index (χ4n) is 2.07. The summed E-state index contributed by atoms with van der Waals surface area (Å²) in [6.45, 7) is 4.11. The normalized spacial score (nSPS) is 38.5. The number of hydrogen-bond acceptors (Lipinski definition) is 3. The van der Waals surface area contributed by atoms with E-state index in [-0.39, 0.29) is 18.6 Å². The Bertz CT molecular complexity index is 140. The summed E-state index contributed by atoms with van der Waals surface area (Å²) in [5.41, 5.74) is 0. The second-order valence-electron chi connectivity index (χ2n) is 3.96. The number of piperidine rings is 1. The maximum atomic E-state index is 9.75. The van der Waals surface area contributed by atoms with Gasteiger partial charge < -0.3 is 15.1 Å². The van der Waals surface area contributed by atoms with Gasteiger partial charge in [0.25, 0.3) is 0 Å². The van der Waals surface area contributed by atoms with Crippen molar-refractivity contribution in [3.05, 3.63) is 0 Å².